The van der Waals surface area contributed by atoms with Gasteiger partial charge in [-0.25, -0.2) is 9.78 Å². The van der Waals surface area contributed by atoms with E-state index < -0.39 is 11.9 Å². The Kier molecular flexibility index (Phi) is 4.59. The highest BCUT2D eigenvalue weighted by Gasteiger charge is 2.21. The van der Waals surface area contributed by atoms with Gasteiger partial charge in [0, 0.05) is 12.2 Å². The van der Waals surface area contributed by atoms with Gasteiger partial charge >= 0.3 is 11.9 Å². The minimum absolute atomic E-state index is 0.171. The van der Waals surface area contributed by atoms with E-state index in [1.807, 2.05) is 30.3 Å². The van der Waals surface area contributed by atoms with Crippen molar-refractivity contribution in [3.63, 3.8) is 0 Å². The molecule has 8 heteroatoms. The summed E-state index contributed by atoms with van der Waals surface area (Å²) in [7, 11) is 1.60. The Morgan fingerprint density at radius 3 is 2.83 bits per heavy atom. The molecule has 0 unspecified atom stereocenters. The number of allylic oxidation sites excluding steroid dienone is 1. The van der Waals surface area contributed by atoms with Crippen LogP contribution in [0.15, 0.2) is 47.3 Å². The first-order valence-corrected chi connectivity index (χ1v) is 8.90. The quantitative estimate of drug-likeness (QED) is 0.663. The first-order chi connectivity index (χ1) is 14.0. The normalized spacial score (nSPS) is 14.0. The standard InChI is InChI=1S/C21H17N3O5/c1-29-15-4-2-3-12(10-15)9-13-7-8-24-18(13)23-17-11-14(22-19(25)21(27)28)5-6-16(17)20(24)26/h2-6,9-11H,7-8H2,1H3,(H,22,25)(H,27,28). The number of nitrogens with one attached hydrogen (secondary N) is 1. The van der Waals surface area contributed by atoms with Crippen LogP contribution in [0.2, 0.25) is 0 Å². The number of benzene rings is 2. The van der Waals surface area contributed by atoms with Gasteiger partial charge in [0.2, 0.25) is 0 Å². The maximum Gasteiger partial charge on any atom is 0.394 e. The molecule has 29 heavy (non-hydrogen) atoms. The molecule has 0 aliphatic carbocycles. The Bertz CT molecular complexity index is 1240. The number of ether oxygens (including phenoxy) is 1. The van der Waals surface area contributed by atoms with Crippen molar-refractivity contribution >= 4 is 40.1 Å². The minimum Gasteiger partial charge on any atom is -0.497 e. The van der Waals surface area contributed by atoms with Crippen molar-refractivity contribution in [2.45, 2.75) is 13.0 Å². The van der Waals surface area contributed by atoms with Gasteiger partial charge in [0.25, 0.3) is 5.56 Å². The second kappa shape index (κ2) is 7.23. The summed E-state index contributed by atoms with van der Waals surface area (Å²) in [6, 6.07) is 12.1. The van der Waals surface area contributed by atoms with Crippen LogP contribution >= 0.6 is 0 Å². The molecule has 1 amide bonds. The molecule has 4 rings (SSSR count). The maximum atomic E-state index is 12.9. The zero-order chi connectivity index (χ0) is 20.5. The zero-order valence-corrected chi connectivity index (χ0v) is 15.5. The average molecular weight is 391 g/mol. The van der Waals surface area contributed by atoms with Crippen LogP contribution in [-0.2, 0) is 16.1 Å². The summed E-state index contributed by atoms with van der Waals surface area (Å²) in [6.07, 6.45) is 2.63. The van der Waals surface area contributed by atoms with E-state index in [4.69, 9.17) is 9.84 Å². The van der Waals surface area contributed by atoms with Gasteiger partial charge in [0.1, 0.15) is 11.6 Å². The fourth-order valence-corrected chi connectivity index (χ4v) is 3.35. The molecule has 146 valence electrons. The number of aromatic nitrogens is 2. The van der Waals surface area contributed by atoms with Crippen LogP contribution in [0.25, 0.3) is 22.6 Å². The van der Waals surface area contributed by atoms with Gasteiger partial charge in [-0.15, -0.1) is 0 Å². The average Bonchev–Trinajstić information content (AvgIpc) is 3.11. The van der Waals surface area contributed by atoms with Gasteiger partial charge in [0.15, 0.2) is 0 Å². The van der Waals surface area contributed by atoms with E-state index in [2.05, 4.69) is 10.3 Å². The van der Waals surface area contributed by atoms with Crippen molar-refractivity contribution < 1.29 is 19.4 Å². The molecule has 1 aromatic heterocycles. The molecule has 8 nitrogen and oxygen atoms in total. The number of aliphatic carboxylic acids is 1. The van der Waals surface area contributed by atoms with Crippen molar-refractivity contribution in [3.8, 4) is 5.75 Å². The number of methoxy groups -OCH3 is 1. The highest BCUT2D eigenvalue weighted by Crippen LogP contribution is 2.29. The highest BCUT2D eigenvalue weighted by atomic mass is 16.5. The molecular weight excluding hydrogens is 374 g/mol. The molecule has 0 saturated heterocycles. The smallest absolute Gasteiger partial charge is 0.394 e. The summed E-state index contributed by atoms with van der Waals surface area (Å²) in [5, 5.41) is 11.4. The number of carboxylic acids is 1. The van der Waals surface area contributed by atoms with E-state index in [9.17, 15) is 14.4 Å². The number of carbonyl (C=O) groups excluding carboxylic acids is 1. The molecule has 0 bridgehead atoms. The van der Waals surface area contributed by atoms with E-state index in [0.717, 1.165) is 16.9 Å². The Morgan fingerprint density at radius 1 is 1.24 bits per heavy atom. The van der Waals surface area contributed by atoms with Crippen LogP contribution in [0, 0.1) is 0 Å². The number of rotatable bonds is 3. The topological polar surface area (TPSA) is 111 Å². The van der Waals surface area contributed by atoms with Crippen molar-refractivity contribution in [1.82, 2.24) is 9.55 Å². The molecular formula is C21H17N3O5. The van der Waals surface area contributed by atoms with Crippen LogP contribution in [-0.4, -0.2) is 33.6 Å². The van der Waals surface area contributed by atoms with E-state index in [0.29, 0.717) is 29.7 Å². The highest BCUT2D eigenvalue weighted by molar-refractivity contribution is 6.36. The first kappa shape index (κ1) is 18.4. The van der Waals surface area contributed by atoms with Gasteiger partial charge in [-0.05, 0) is 54.0 Å². The summed E-state index contributed by atoms with van der Waals surface area (Å²) < 4.78 is 6.88. The van der Waals surface area contributed by atoms with E-state index in [-0.39, 0.29) is 11.2 Å². The number of amides is 1. The lowest BCUT2D eigenvalue weighted by Crippen LogP contribution is -2.23. The Hall–Kier alpha value is -3.94. The third-order valence-corrected chi connectivity index (χ3v) is 4.73. The molecule has 0 spiro atoms. The second-order valence-corrected chi connectivity index (χ2v) is 6.58. The predicted octanol–water partition coefficient (Wildman–Crippen LogP) is 2.37. The number of fused-ring (bicyclic) bond motifs is 2. The SMILES string of the molecule is COc1cccc(C=C2CCn3c2nc2cc(NC(=O)C(=O)O)ccc2c3=O)c1. The van der Waals surface area contributed by atoms with Crippen LogP contribution in [0.5, 0.6) is 5.75 Å². The summed E-state index contributed by atoms with van der Waals surface area (Å²) in [4.78, 5) is 39.6. The molecule has 2 aromatic carbocycles. The number of hydrogen-bond acceptors (Lipinski definition) is 5. The Morgan fingerprint density at radius 2 is 2.07 bits per heavy atom. The Balaban J connectivity index is 1.78. The number of hydrogen-bond donors (Lipinski definition) is 2. The molecule has 1 aliphatic rings. The number of nitrogens with zero attached hydrogens (tertiary/aromatic N) is 2. The van der Waals surface area contributed by atoms with Crippen molar-refractivity contribution in [2.75, 3.05) is 12.4 Å². The number of carboxylic acid groups (broad SMARTS) is 1. The lowest BCUT2D eigenvalue weighted by Gasteiger charge is -2.08. The largest absolute Gasteiger partial charge is 0.497 e. The summed E-state index contributed by atoms with van der Waals surface area (Å²) in [5.41, 5.74) is 2.33. The van der Waals surface area contributed by atoms with Crippen LogP contribution in [0.1, 0.15) is 17.8 Å². The molecule has 2 N–H and O–H groups in total. The fraction of sp³-hybridized carbons (Fsp3) is 0.143. The summed E-state index contributed by atoms with van der Waals surface area (Å²) in [6.45, 7) is 0.532. The summed E-state index contributed by atoms with van der Waals surface area (Å²) in [5.74, 6) is -1.44. The molecule has 0 radical (unpaired) electrons. The van der Waals surface area contributed by atoms with Gasteiger partial charge < -0.3 is 15.2 Å². The number of carbonyl (C=O) groups is 2. The minimum atomic E-state index is -1.59. The summed E-state index contributed by atoms with van der Waals surface area (Å²) >= 11 is 0. The van der Waals surface area contributed by atoms with Crippen molar-refractivity contribution in [2.24, 2.45) is 0 Å². The van der Waals surface area contributed by atoms with Crippen LogP contribution in [0.3, 0.4) is 0 Å². The van der Waals surface area contributed by atoms with Crippen LogP contribution < -0.4 is 15.6 Å². The molecule has 0 fully saturated rings. The Labute approximate surface area is 165 Å². The molecule has 2 heterocycles. The molecule has 1 aliphatic heterocycles. The molecule has 0 atom stereocenters. The van der Waals surface area contributed by atoms with E-state index in [1.165, 1.54) is 12.1 Å². The fourth-order valence-electron chi connectivity index (χ4n) is 3.35. The monoisotopic (exact) mass is 391 g/mol. The van der Waals surface area contributed by atoms with Crippen molar-refractivity contribution in [3.05, 3.63) is 64.2 Å². The zero-order valence-electron chi connectivity index (χ0n) is 15.5. The van der Waals surface area contributed by atoms with E-state index in [1.54, 1.807) is 17.7 Å². The second-order valence-electron chi connectivity index (χ2n) is 6.58. The van der Waals surface area contributed by atoms with Gasteiger partial charge in [-0.2, -0.15) is 0 Å². The maximum absolute atomic E-state index is 12.9. The van der Waals surface area contributed by atoms with Crippen LogP contribution in [0.4, 0.5) is 5.69 Å². The molecule has 3 aromatic rings. The third kappa shape index (κ3) is 3.47. The van der Waals surface area contributed by atoms with Gasteiger partial charge in [0.05, 0.1) is 18.0 Å². The lowest BCUT2D eigenvalue weighted by atomic mass is 10.1. The van der Waals surface area contributed by atoms with E-state index >= 15 is 0 Å². The third-order valence-electron chi connectivity index (χ3n) is 4.73. The lowest BCUT2D eigenvalue weighted by molar-refractivity contribution is -0.147. The predicted molar refractivity (Wildman–Crippen MR) is 108 cm³/mol. The molecule has 0 saturated carbocycles. The number of anilines is 1. The first-order valence-electron chi connectivity index (χ1n) is 8.90. The van der Waals surface area contributed by atoms with Gasteiger partial charge in [-0.1, -0.05) is 12.1 Å². The van der Waals surface area contributed by atoms with Crippen molar-refractivity contribution in [1.29, 1.82) is 0 Å². The van der Waals surface area contributed by atoms with Gasteiger partial charge in [-0.3, -0.25) is 14.2 Å².